The summed E-state index contributed by atoms with van der Waals surface area (Å²) in [6, 6.07) is 5.35. The van der Waals surface area contributed by atoms with Crippen molar-refractivity contribution in [3.05, 3.63) is 29.3 Å². The summed E-state index contributed by atoms with van der Waals surface area (Å²) in [4.78, 5) is 13.3. The van der Waals surface area contributed by atoms with Crippen molar-refractivity contribution in [2.75, 3.05) is 32.5 Å². The van der Waals surface area contributed by atoms with Crippen LogP contribution in [0.3, 0.4) is 0 Å². The average molecular weight is 264 g/mol. The number of nitrogens with one attached hydrogen (secondary N) is 1. The van der Waals surface area contributed by atoms with Gasteiger partial charge in [0.25, 0.3) is 0 Å². The summed E-state index contributed by atoms with van der Waals surface area (Å²) < 4.78 is 0. The first-order valence-electron chi connectivity index (χ1n) is 6.44. The van der Waals surface area contributed by atoms with E-state index < -0.39 is 5.97 Å². The minimum Gasteiger partial charge on any atom is -0.478 e. The topological polar surface area (TPSA) is 52.6 Å². The van der Waals surface area contributed by atoms with E-state index in [-0.39, 0.29) is 5.41 Å². The smallest absolute Gasteiger partial charge is 0.337 e. The summed E-state index contributed by atoms with van der Waals surface area (Å²) in [6.07, 6.45) is 0. The maximum absolute atomic E-state index is 11.2. The second-order valence-electron chi connectivity index (χ2n) is 6.11. The molecule has 0 heterocycles. The summed E-state index contributed by atoms with van der Waals surface area (Å²) in [5.41, 5.74) is 2.15. The van der Waals surface area contributed by atoms with Gasteiger partial charge in [-0.15, -0.1) is 0 Å². The highest BCUT2D eigenvalue weighted by molar-refractivity contribution is 5.94. The maximum Gasteiger partial charge on any atom is 0.337 e. The monoisotopic (exact) mass is 264 g/mol. The van der Waals surface area contributed by atoms with E-state index in [4.69, 9.17) is 0 Å². The molecule has 0 unspecified atom stereocenters. The van der Waals surface area contributed by atoms with E-state index in [2.05, 4.69) is 24.1 Å². The van der Waals surface area contributed by atoms with Gasteiger partial charge in [-0.05, 0) is 44.1 Å². The van der Waals surface area contributed by atoms with E-state index in [0.717, 1.165) is 18.7 Å². The van der Waals surface area contributed by atoms with Crippen LogP contribution in [-0.2, 0) is 0 Å². The molecular formula is C15H24N2O2. The fourth-order valence-corrected chi connectivity index (χ4v) is 2.24. The third-order valence-corrected chi connectivity index (χ3v) is 2.91. The first-order valence-corrected chi connectivity index (χ1v) is 6.44. The van der Waals surface area contributed by atoms with Crippen molar-refractivity contribution < 1.29 is 9.90 Å². The van der Waals surface area contributed by atoms with E-state index in [9.17, 15) is 9.90 Å². The quantitative estimate of drug-likeness (QED) is 0.829. The van der Waals surface area contributed by atoms with E-state index in [1.807, 2.05) is 33.2 Å². The molecule has 0 saturated heterocycles. The molecule has 0 spiro atoms. The lowest BCUT2D eigenvalue weighted by Gasteiger charge is -2.29. The number of nitrogens with zero attached hydrogens (tertiary/aromatic N) is 1. The molecule has 0 bridgehead atoms. The maximum atomic E-state index is 11.2. The number of carbonyl (C=O) groups is 1. The molecule has 1 aromatic carbocycles. The highest BCUT2D eigenvalue weighted by Crippen LogP contribution is 2.21. The normalized spacial score (nSPS) is 11.7. The minimum atomic E-state index is -0.895. The lowest BCUT2D eigenvalue weighted by Crippen LogP contribution is -2.34. The Balaban J connectivity index is 2.82. The van der Waals surface area contributed by atoms with Gasteiger partial charge in [-0.1, -0.05) is 19.9 Å². The predicted octanol–water partition coefficient (Wildman–Crippen LogP) is 2.69. The highest BCUT2D eigenvalue weighted by atomic mass is 16.4. The second-order valence-corrected chi connectivity index (χ2v) is 6.11. The van der Waals surface area contributed by atoms with Gasteiger partial charge in [0.1, 0.15) is 0 Å². The molecule has 0 saturated carbocycles. The molecule has 0 aliphatic heterocycles. The summed E-state index contributed by atoms with van der Waals surface area (Å²) in [7, 11) is 4.08. The molecule has 0 atom stereocenters. The number of hydrogen-bond acceptors (Lipinski definition) is 3. The molecule has 0 aromatic heterocycles. The van der Waals surface area contributed by atoms with Crippen LogP contribution in [0, 0.1) is 12.3 Å². The Kier molecular flexibility index (Phi) is 4.95. The van der Waals surface area contributed by atoms with Crippen LogP contribution in [0.5, 0.6) is 0 Å². The average Bonchev–Trinajstić information content (AvgIpc) is 2.24. The van der Waals surface area contributed by atoms with Crippen LogP contribution < -0.4 is 5.32 Å². The van der Waals surface area contributed by atoms with Crippen LogP contribution >= 0.6 is 0 Å². The number of anilines is 1. The van der Waals surface area contributed by atoms with Crippen LogP contribution in [-0.4, -0.2) is 43.2 Å². The van der Waals surface area contributed by atoms with Gasteiger partial charge < -0.3 is 15.3 Å². The van der Waals surface area contributed by atoms with Crippen LogP contribution in [0.15, 0.2) is 18.2 Å². The van der Waals surface area contributed by atoms with Gasteiger partial charge in [0, 0.05) is 18.8 Å². The zero-order valence-corrected chi connectivity index (χ0v) is 12.4. The molecule has 4 nitrogen and oxygen atoms in total. The fraction of sp³-hybridized carbons (Fsp3) is 0.533. The lowest BCUT2D eigenvalue weighted by molar-refractivity contribution is 0.0698. The molecule has 1 aromatic rings. The van der Waals surface area contributed by atoms with E-state index in [1.165, 1.54) is 0 Å². The Bertz CT molecular complexity index is 453. The largest absolute Gasteiger partial charge is 0.478 e. The van der Waals surface area contributed by atoms with Crippen molar-refractivity contribution in [2.45, 2.75) is 20.8 Å². The number of aryl methyl sites for hydroxylation is 1. The molecule has 0 amide bonds. The van der Waals surface area contributed by atoms with Gasteiger partial charge in [-0.2, -0.15) is 0 Å². The summed E-state index contributed by atoms with van der Waals surface area (Å²) in [6.45, 7) is 7.96. The first-order chi connectivity index (χ1) is 8.71. The summed E-state index contributed by atoms with van der Waals surface area (Å²) >= 11 is 0. The first kappa shape index (κ1) is 15.5. The fourth-order valence-electron chi connectivity index (χ4n) is 2.24. The SMILES string of the molecule is Cc1ccc(C(=O)O)c(NCC(C)(C)CN(C)C)c1. The van der Waals surface area contributed by atoms with E-state index in [1.54, 1.807) is 6.07 Å². The Labute approximate surface area is 115 Å². The van der Waals surface area contributed by atoms with Crippen LogP contribution in [0.4, 0.5) is 5.69 Å². The Hall–Kier alpha value is -1.55. The van der Waals surface area contributed by atoms with Gasteiger partial charge in [-0.25, -0.2) is 4.79 Å². The lowest BCUT2D eigenvalue weighted by atomic mass is 9.92. The molecule has 0 aliphatic rings. The van der Waals surface area contributed by atoms with Crippen molar-refractivity contribution in [3.8, 4) is 0 Å². The third-order valence-electron chi connectivity index (χ3n) is 2.91. The molecule has 19 heavy (non-hydrogen) atoms. The van der Waals surface area contributed by atoms with Gasteiger partial charge in [0.2, 0.25) is 0 Å². The van der Waals surface area contributed by atoms with Gasteiger partial charge in [0.05, 0.1) is 5.56 Å². The Morgan fingerprint density at radius 2 is 2.00 bits per heavy atom. The molecule has 106 valence electrons. The molecule has 1 rings (SSSR count). The zero-order chi connectivity index (χ0) is 14.6. The summed E-state index contributed by atoms with van der Waals surface area (Å²) in [5.74, 6) is -0.895. The van der Waals surface area contributed by atoms with Crippen molar-refractivity contribution >= 4 is 11.7 Å². The predicted molar refractivity (Wildman–Crippen MR) is 79.0 cm³/mol. The zero-order valence-electron chi connectivity index (χ0n) is 12.4. The Morgan fingerprint density at radius 3 is 2.53 bits per heavy atom. The highest BCUT2D eigenvalue weighted by Gasteiger charge is 2.20. The minimum absolute atomic E-state index is 0.0724. The Morgan fingerprint density at radius 1 is 1.37 bits per heavy atom. The van der Waals surface area contributed by atoms with Crippen LogP contribution in [0.25, 0.3) is 0 Å². The van der Waals surface area contributed by atoms with Crippen molar-refractivity contribution in [3.63, 3.8) is 0 Å². The molecule has 0 aliphatic carbocycles. The number of carboxylic acid groups (broad SMARTS) is 1. The van der Waals surface area contributed by atoms with Crippen molar-refractivity contribution in [2.24, 2.45) is 5.41 Å². The molecule has 4 heteroatoms. The van der Waals surface area contributed by atoms with E-state index in [0.29, 0.717) is 11.3 Å². The van der Waals surface area contributed by atoms with Gasteiger partial charge in [0.15, 0.2) is 0 Å². The summed E-state index contributed by atoms with van der Waals surface area (Å²) in [5, 5.41) is 12.5. The second kappa shape index (κ2) is 6.06. The molecular weight excluding hydrogens is 240 g/mol. The van der Waals surface area contributed by atoms with E-state index >= 15 is 0 Å². The number of rotatable bonds is 6. The van der Waals surface area contributed by atoms with Crippen LogP contribution in [0.2, 0.25) is 0 Å². The standard InChI is InChI=1S/C15H24N2O2/c1-11-6-7-12(14(18)19)13(8-11)16-9-15(2,3)10-17(4)5/h6-8,16H,9-10H2,1-5H3,(H,18,19). The van der Waals surface area contributed by atoms with Gasteiger partial charge >= 0.3 is 5.97 Å². The van der Waals surface area contributed by atoms with Crippen molar-refractivity contribution in [1.82, 2.24) is 4.90 Å². The molecule has 0 radical (unpaired) electrons. The molecule has 2 N–H and O–H groups in total. The van der Waals surface area contributed by atoms with Crippen molar-refractivity contribution in [1.29, 1.82) is 0 Å². The van der Waals surface area contributed by atoms with Crippen LogP contribution in [0.1, 0.15) is 29.8 Å². The number of benzene rings is 1. The number of carboxylic acids is 1. The number of hydrogen-bond donors (Lipinski definition) is 2. The third kappa shape index (κ3) is 4.91. The van der Waals surface area contributed by atoms with Gasteiger partial charge in [-0.3, -0.25) is 0 Å². The molecule has 0 fully saturated rings. The number of aromatic carboxylic acids is 1.